The fraction of sp³-hybridized carbons (Fsp3) is 0.533. The lowest BCUT2D eigenvalue weighted by Gasteiger charge is -2.10. The predicted octanol–water partition coefficient (Wildman–Crippen LogP) is 2.32. The number of rotatable bonds is 5. The van der Waals surface area contributed by atoms with Gasteiger partial charge in [-0.15, -0.1) is 0 Å². The van der Waals surface area contributed by atoms with Gasteiger partial charge in [0.05, 0.1) is 7.11 Å². The van der Waals surface area contributed by atoms with Crippen molar-refractivity contribution < 1.29 is 9.53 Å². The van der Waals surface area contributed by atoms with Gasteiger partial charge in [-0.25, -0.2) is 0 Å². The van der Waals surface area contributed by atoms with Gasteiger partial charge >= 0.3 is 0 Å². The van der Waals surface area contributed by atoms with Gasteiger partial charge in [0.15, 0.2) is 0 Å². The summed E-state index contributed by atoms with van der Waals surface area (Å²) in [6.45, 7) is 4.86. The lowest BCUT2D eigenvalue weighted by molar-refractivity contribution is -0.122. The number of aryl methyl sites for hydroxylation is 1. The van der Waals surface area contributed by atoms with E-state index in [2.05, 4.69) is 25.2 Å². The fourth-order valence-corrected chi connectivity index (χ4v) is 2.24. The Bertz CT molecular complexity index is 442. The Morgan fingerprint density at radius 2 is 2.22 bits per heavy atom. The molecule has 2 atom stereocenters. The summed E-state index contributed by atoms with van der Waals surface area (Å²) in [4.78, 5) is 11.7. The highest BCUT2D eigenvalue weighted by molar-refractivity contribution is 5.81. The molecule has 3 nitrogen and oxygen atoms in total. The van der Waals surface area contributed by atoms with Crippen LogP contribution in [0.1, 0.15) is 24.5 Å². The van der Waals surface area contributed by atoms with Crippen molar-refractivity contribution in [2.24, 2.45) is 11.8 Å². The fourth-order valence-electron chi connectivity index (χ4n) is 2.24. The summed E-state index contributed by atoms with van der Waals surface area (Å²) in [6.07, 6.45) is 1.86. The van der Waals surface area contributed by atoms with Crippen LogP contribution in [0.25, 0.3) is 0 Å². The molecular formula is C15H21NO2. The average molecular weight is 247 g/mol. The molecular weight excluding hydrogens is 226 g/mol. The van der Waals surface area contributed by atoms with Crippen LogP contribution in [0.4, 0.5) is 0 Å². The molecule has 0 bridgehead atoms. The second-order valence-corrected chi connectivity index (χ2v) is 5.18. The third kappa shape index (κ3) is 3.03. The zero-order valence-corrected chi connectivity index (χ0v) is 11.3. The van der Waals surface area contributed by atoms with E-state index in [9.17, 15) is 4.79 Å². The van der Waals surface area contributed by atoms with E-state index in [1.54, 1.807) is 7.11 Å². The lowest BCUT2D eigenvalue weighted by atomic mass is 10.1. The van der Waals surface area contributed by atoms with E-state index in [-0.39, 0.29) is 11.8 Å². The van der Waals surface area contributed by atoms with Crippen LogP contribution in [0, 0.1) is 18.8 Å². The summed E-state index contributed by atoms with van der Waals surface area (Å²) >= 11 is 0. The van der Waals surface area contributed by atoms with Crippen molar-refractivity contribution in [2.75, 3.05) is 13.7 Å². The number of carbonyl (C=O) groups is 1. The van der Waals surface area contributed by atoms with E-state index < -0.39 is 0 Å². The summed E-state index contributed by atoms with van der Waals surface area (Å²) < 4.78 is 5.32. The molecule has 2 rings (SSSR count). The first-order chi connectivity index (χ1) is 8.61. The highest BCUT2D eigenvalue weighted by Crippen LogP contribution is 2.37. The van der Waals surface area contributed by atoms with Crippen LogP contribution in [0.15, 0.2) is 18.2 Å². The molecule has 1 aliphatic rings. The molecule has 1 aliphatic carbocycles. The summed E-state index contributed by atoms with van der Waals surface area (Å²) in [5, 5.41) is 3.00. The Kier molecular flexibility index (Phi) is 3.90. The Balaban J connectivity index is 1.86. The predicted molar refractivity (Wildman–Crippen MR) is 71.7 cm³/mol. The van der Waals surface area contributed by atoms with Gasteiger partial charge in [-0.1, -0.05) is 24.6 Å². The first kappa shape index (κ1) is 12.9. The van der Waals surface area contributed by atoms with Gasteiger partial charge in [-0.3, -0.25) is 4.79 Å². The zero-order valence-electron chi connectivity index (χ0n) is 11.3. The topological polar surface area (TPSA) is 38.3 Å². The number of ether oxygens (including phenoxy) is 1. The molecule has 0 aromatic heterocycles. The van der Waals surface area contributed by atoms with Crippen molar-refractivity contribution in [3.8, 4) is 5.75 Å². The van der Waals surface area contributed by atoms with Gasteiger partial charge in [0.25, 0.3) is 0 Å². The van der Waals surface area contributed by atoms with Crippen molar-refractivity contribution in [3.63, 3.8) is 0 Å². The van der Waals surface area contributed by atoms with E-state index in [4.69, 9.17) is 4.74 Å². The molecule has 1 amide bonds. The van der Waals surface area contributed by atoms with Gasteiger partial charge < -0.3 is 10.1 Å². The van der Waals surface area contributed by atoms with Crippen LogP contribution in [-0.4, -0.2) is 19.6 Å². The Morgan fingerprint density at radius 3 is 2.83 bits per heavy atom. The van der Waals surface area contributed by atoms with Crippen LogP contribution in [0.5, 0.6) is 5.75 Å². The molecule has 3 heteroatoms. The quantitative estimate of drug-likeness (QED) is 0.867. The third-order valence-corrected chi connectivity index (χ3v) is 3.58. The molecule has 98 valence electrons. The number of hydrogen-bond acceptors (Lipinski definition) is 2. The molecule has 18 heavy (non-hydrogen) atoms. The minimum absolute atomic E-state index is 0.203. The molecule has 0 aliphatic heterocycles. The highest BCUT2D eigenvalue weighted by atomic mass is 16.5. The van der Waals surface area contributed by atoms with E-state index >= 15 is 0 Å². The average Bonchev–Trinajstić information content (AvgIpc) is 3.07. The summed E-state index contributed by atoms with van der Waals surface area (Å²) in [5.74, 6) is 1.92. The summed E-state index contributed by atoms with van der Waals surface area (Å²) in [5.41, 5.74) is 2.37. The maximum absolute atomic E-state index is 11.7. The molecule has 0 spiro atoms. The molecule has 1 fully saturated rings. The molecule has 1 saturated carbocycles. The second-order valence-electron chi connectivity index (χ2n) is 5.18. The summed E-state index contributed by atoms with van der Waals surface area (Å²) in [7, 11) is 1.68. The number of hydrogen-bond donors (Lipinski definition) is 1. The van der Waals surface area contributed by atoms with Crippen LogP contribution in [0.3, 0.4) is 0 Å². The van der Waals surface area contributed by atoms with Crippen LogP contribution in [-0.2, 0) is 11.2 Å². The van der Waals surface area contributed by atoms with Gasteiger partial charge in [-0.05, 0) is 37.3 Å². The molecule has 0 unspecified atom stereocenters. The van der Waals surface area contributed by atoms with Gasteiger partial charge in [0.2, 0.25) is 5.91 Å². The van der Waals surface area contributed by atoms with Gasteiger partial charge in [0.1, 0.15) is 5.75 Å². The van der Waals surface area contributed by atoms with Crippen LogP contribution >= 0.6 is 0 Å². The van der Waals surface area contributed by atoms with Crippen molar-refractivity contribution >= 4 is 5.91 Å². The maximum Gasteiger partial charge on any atom is 0.223 e. The largest absolute Gasteiger partial charge is 0.496 e. The normalized spacial score (nSPS) is 21.5. The molecule has 0 radical (unpaired) electrons. The molecule has 1 aromatic carbocycles. The molecule has 0 heterocycles. The Morgan fingerprint density at radius 1 is 1.50 bits per heavy atom. The van der Waals surface area contributed by atoms with E-state index in [0.717, 1.165) is 24.2 Å². The SMILES string of the molecule is COc1ccc(C)cc1CCNC(=O)[C@H]1C[C@@H]1C. The van der Waals surface area contributed by atoms with E-state index in [0.29, 0.717) is 12.5 Å². The van der Waals surface area contributed by atoms with Crippen molar-refractivity contribution in [3.05, 3.63) is 29.3 Å². The minimum Gasteiger partial charge on any atom is -0.496 e. The number of benzene rings is 1. The van der Waals surface area contributed by atoms with Crippen molar-refractivity contribution in [1.82, 2.24) is 5.32 Å². The minimum atomic E-state index is 0.203. The molecule has 0 saturated heterocycles. The third-order valence-electron chi connectivity index (χ3n) is 3.58. The Hall–Kier alpha value is -1.51. The number of nitrogens with one attached hydrogen (secondary N) is 1. The molecule has 1 aromatic rings. The van der Waals surface area contributed by atoms with E-state index in [1.165, 1.54) is 5.56 Å². The maximum atomic E-state index is 11.7. The van der Waals surface area contributed by atoms with E-state index in [1.807, 2.05) is 12.1 Å². The lowest BCUT2D eigenvalue weighted by Crippen LogP contribution is -2.27. The first-order valence-electron chi connectivity index (χ1n) is 6.53. The van der Waals surface area contributed by atoms with Gasteiger partial charge in [0, 0.05) is 12.5 Å². The van der Waals surface area contributed by atoms with Gasteiger partial charge in [-0.2, -0.15) is 0 Å². The standard InChI is InChI=1S/C15H21NO2/c1-10-4-5-14(18-3)12(8-10)6-7-16-15(17)13-9-11(13)2/h4-5,8,11,13H,6-7,9H2,1-3H3,(H,16,17)/t11-,13-/m0/s1. The number of amides is 1. The summed E-state index contributed by atoms with van der Waals surface area (Å²) in [6, 6.07) is 6.13. The van der Waals surface area contributed by atoms with Crippen LogP contribution < -0.4 is 10.1 Å². The Labute approximate surface area is 109 Å². The van der Waals surface area contributed by atoms with Crippen molar-refractivity contribution in [2.45, 2.75) is 26.7 Å². The number of methoxy groups -OCH3 is 1. The highest BCUT2D eigenvalue weighted by Gasteiger charge is 2.38. The smallest absolute Gasteiger partial charge is 0.223 e. The number of carbonyl (C=O) groups excluding carboxylic acids is 1. The van der Waals surface area contributed by atoms with Crippen molar-refractivity contribution in [1.29, 1.82) is 0 Å². The van der Waals surface area contributed by atoms with Crippen LogP contribution in [0.2, 0.25) is 0 Å². The second kappa shape index (κ2) is 5.42. The molecule has 1 N–H and O–H groups in total. The first-order valence-corrected chi connectivity index (χ1v) is 6.53. The monoisotopic (exact) mass is 247 g/mol. The zero-order chi connectivity index (χ0) is 13.1.